The van der Waals surface area contributed by atoms with Crippen molar-refractivity contribution in [1.82, 2.24) is 4.90 Å². The third-order valence-corrected chi connectivity index (χ3v) is 3.78. The first kappa shape index (κ1) is 14.0. The summed E-state index contributed by atoms with van der Waals surface area (Å²) in [6.45, 7) is 8.38. The van der Waals surface area contributed by atoms with Crippen LogP contribution in [0.15, 0.2) is 11.4 Å². The van der Waals surface area contributed by atoms with Crippen molar-refractivity contribution >= 4 is 23.9 Å². The van der Waals surface area contributed by atoms with Crippen molar-refractivity contribution in [2.24, 2.45) is 0 Å². The van der Waals surface area contributed by atoms with Gasteiger partial charge in [0, 0.05) is 30.6 Å². The number of hydrogen-bond donors (Lipinski definition) is 1. The molecule has 2 heterocycles. The molecule has 0 aliphatic carbocycles. The number of morpholine rings is 1. The standard InChI is InChI=1S/C12H20BNO3S/c1-10(2)17-13(15)11-7-12(18-9-11)8-14-3-5-16-6-4-14/h7,9-10,15H,3-6,8H2,1-2H3. The van der Waals surface area contributed by atoms with Crippen LogP contribution in [0, 0.1) is 0 Å². The van der Waals surface area contributed by atoms with Gasteiger partial charge in [-0.05, 0) is 30.8 Å². The largest absolute Gasteiger partial charge is 0.492 e. The van der Waals surface area contributed by atoms with Gasteiger partial charge in [0.2, 0.25) is 0 Å². The number of rotatable bonds is 5. The SMILES string of the molecule is CC(C)OB(O)c1csc(CN2CCOCC2)c1. The quantitative estimate of drug-likeness (QED) is 0.799. The lowest BCUT2D eigenvalue weighted by molar-refractivity contribution is 0.0346. The van der Waals surface area contributed by atoms with E-state index in [0.29, 0.717) is 0 Å². The summed E-state index contributed by atoms with van der Waals surface area (Å²) in [6.07, 6.45) is 0.0302. The molecule has 0 radical (unpaired) electrons. The van der Waals surface area contributed by atoms with Crippen LogP contribution >= 0.6 is 11.3 Å². The van der Waals surface area contributed by atoms with Crippen LogP contribution in [0.2, 0.25) is 0 Å². The van der Waals surface area contributed by atoms with Crippen LogP contribution in [0.4, 0.5) is 0 Å². The molecule has 1 aromatic heterocycles. The molecule has 0 amide bonds. The monoisotopic (exact) mass is 269 g/mol. The summed E-state index contributed by atoms with van der Waals surface area (Å²) >= 11 is 1.68. The van der Waals surface area contributed by atoms with Crippen LogP contribution in [0.5, 0.6) is 0 Å². The molecule has 0 atom stereocenters. The lowest BCUT2D eigenvalue weighted by atomic mass is 9.81. The van der Waals surface area contributed by atoms with Crippen molar-refractivity contribution in [3.05, 3.63) is 16.3 Å². The van der Waals surface area contributed by atoms with Gasteiger partial charge in [-0.25, -0.2) is 0 Å². The predicted octanol–water partition coefficient (Wildman–Crippen LogP) is 0.693. The van der Waals surface area contributed by atoms with Crippen LogP contribution in [-0.4, -0.2) is 49.4 Å². The van der Waals surface area contributed by atoms with Gasteiger partial charge in [0.15, 0.2) is 0 Å². The van der Waals surface area contributed by atoms with Gasteiger partial charge in [-0.2, -0.15) is 0 Å². The third-order valence-electron chi connectivity index (χ3n) is 2.84. The van der Waals surface area contributed by atoms with Crippen LogP contribution < -0.4 is 5.46 Å². The molecular weight excluding hydrogens is 249 g/mol. The van der Waals surface area contributed by atoms with Crippen LogP contribution in [0.1, 0.15) is 18.7 Å². The zero-order valence-corrected chi connectivity index (χ0v) is 11.8. The second kappa shape index (κ2) is 6.68. The highest BCUT2D eigenvalue weighted by molar-refractivity contribution is 7.11. The summed E-state index contributed by atoms with van der Waals surface area (Å²) in [4.78, 5) is 3.63. The molecule has 2 rings (SSSR count). The van der Waals surface area contributed by atoms with E-state index < -0.39 is 7.12 Å². The van der Waals surface area contributed by atoms with Gasteiger partial charge in [0.1, 0.15) is 0 Å². The Morgan fingerprint density at radius 2 is 2.22 bits per heavy atom. The van der Waals surface area contributed by atoms with Crippen molar-refractivity contribution in [2.75, 3.05) is 26.3 Å². The topological polar surface area (TPSA) is 41.9 Å². The zero-order chi connectivity index (χ0) is 13.0. The average molecular weight is 269 g/mol. The molecular formula is C12H20BNO3S. The molecule has 4 nitrogen and oxygen atoms in total. The van der Waals surface area contributed by atoms with E-state index >= 15 is 0 Å². The summed E-state index contributed by atoms with van der Waals surface area (Å²) < 4.78 is 10.7. The van der Waals surface area contributed by atoms with Crippen LogP contribution in [-0.2, 0) is 15.9 Å². The third kappa shape index (κ3) is 4.07. The normalized spacial score (nSPS) is 17.3. The fourth-order valence-corrected chi connectivity index (χ4v) is 2.86. The molecule has 1 aromatic rings. The lowest BCUT2D eigenvalue weighted by Crippen LogP contribution is -2.36. The summed E-state index contributed by atoms with van der Waals surface area (Å²) in [5, 5.41) is 11.8. The molecule has 100 valence electrons. The van der Waals surface area contributed by atoms with E-state index in [1.165, 1.54) is 4.88 Å². The Kier molecular flexibility index (Phi) is 5.20. The average Bonchev–Trinajstić information content (AvgIpc) is 2.78. The molecule has 0 unspecified atom stereocenters. The van der Waals surface area contributed by atoms with Crippen molar-refractivity contribution in [1.29, 1.82) is 0 Å². The van der Waals surface area contributed by atoms with Gasteiger partial charge in [0.25, 0.3) is 0 Å². The Balaban J connectivity index is 1.88. The van der Waals surface area contributed by atoms with Gasteiger partial charge < -0.3 is 14.4 Å². The van der Waals surface area contributed by atoms with Gasteiger partial charge >= 0.3 is 7.12 Å². The number of ether oxygens (including phenoxy) is 1. The molecule has 0 saturated carbocycles. The van der Waals surface area contributed by atoms with Crippen molar-refractivity contribution < 1.29 is 14.4 Å². The Hall–Kier alpha value is -0.395. The molecule has 1 aliphatic rings. The Morgan fingerprint density at radius 1 is 1.50 bits per heavy atom. The molecule has 6 heteroatoms. The lowest BCUT2D eigenvalue weighted by Gasteiger charge is -2.25. The molecule has 0 aromatic carbocycles. The first-order valence-electron chi connectivity index (χ1n) is 6.36. The van der Waals surface area contributed by atoms with Crippen LogP contribution in [0.3, 0.4) is 0 Å². The first-order chi connectivity index (χ1) is 8.65. The van der Waals surface area contributed by atoms with Crippen LogP contribution in [0.25, 0.3) is 0 Å². The first-order valence-corrected chi connectivity index (χ1v) is 7.24. The van der Waals surface area contributed by atoms with E-state index in [1.807, 2.05) is 25.3 Å². The minimum absolute atomic E-state index is 0.0302. The van der Waals surface area contributed by atoms with E-state index in [9.17, 15) is 5.02 Å². The van der Waals surface area contributed by atoms with Crippen molar-refractivity contribution in [2.45, 2.75) is 26.5 Å². The summed E-state index contributed by atoms with van der Waals surface area (Å²) in [5.74, 6) is 0. The van der Waals surface area contributed by atoms with E-state index in [-0.39, 0.29) is 6.10 Å². The maximum atomic E-state index is 9.86. The zero-order valence-electron chi connectivity index (χ0n) is 11.0. The fraction of sp³-hybridized carbons (Fsp3) is 0.667. The summed E-state index contributed by atoms with van der Waals surface area (Å²) in [5.41, 5.74) is 0.858. The van der Waals surface area contributed by atoms with Crippen molar-refractivity contribution in [3.8, 4) is 0 Å². The molecule has 0 bridgehead atoms. The highest BCUT2D eigenvalue weighted by atomic mass is 32.1. The second-order valence-electron chi connectivity index (χ2n) is 4.77. The van der Waals surface area contributed by atoms with E-state index in [2.05, 4.69) is 4.90 Å². The molecule has 0 spiro atoms. The minimum Gasteiger partial charge on any atom is -0.423 e. The molecule has 1 saturated heterocycles. The number of hydrogen-bond acceptors (Lipinski definition) is 5. The highest BCUT2D eigenvalue weighted by Gasteiger charge is 2.20. The van der Waals surface area contributed by atoms with E-state index in [0.717, 1.165) is 38.3 Å². The van der Waals surface area contributed by atoms with Gasteiger partial charge in [-0.3, -0.25) is 4.90 Å². The second-order valence-corrected chi connectivity index (χ2v) is 5.77. The predicted molar refractivity (Wildman–Crippen MR) is 74.2 cm³/mol. The van der Waals surface area contributed by atoms with Crippen molar-refractivity contribution in [3.63, 3.8) is 0 Å². The van der Waals surface area contributed by atoms with Gasteiger partial charge in [-0.15, -0.1) is 11.3 Å². The molecule has 18 heavy (non-hydrogen) atoms. The minimum atomic E-state index is -0.806. The maximum absolute atomic E-state index is 9.86. The highest BCUT2D eigenvalue weighted by Crippen LogP contribution is 2.12. The Morgan fingerprint density at radius 3 is 2.89 bits per heavy atom. The van der Waals surface area contributed by atoms with Gasteiger partial charge in [-0.1, -0.05) is 0 Å². The Labute approximate surface area is 113 Å². The summed E-state index contributed by atoms with van der Waals surface area (Å²) in [6, 6.07) is 2.03. The maximum Gasteiger partial charge on any atom is 0.492 e. The molecule has 1 fully saturated rings. The fourth-order valence-electron chi connectivity index (χ4n) is 1.93. The Bertz CT molecular complexity index is 366. The van der Waals surface area contributed by atoms with Gasteiger partial charge in [0.05, 0.1) is 13.2 Å². The smallest absolute Gasteiger partial charge is 0.423 e. The van der Waals surface area contributed by atoms with E-state index in [4.69, 9.17) is 9.39 Å². The van der Waals surface area contributed by atoms with E-state index in [1.54, 1.807) is 11.3 Å². The number of thiophene rings is 1. The summed E-state index contributed by atoms with van der Waals surface area (Å²) in [7, 11) is -0.806. The molecule has 1 N–H and O–H groups in total. The molecule has 1 aliphatic heterocycles. The number of nitrogens with zero attached hydrogens (tertiary/aromatic N) is 1.